The van der Waals surface area contributed by atoms with Gasteiger partial charge in [0.15, 0.2) is 0 Å². The van der Waals surface area contributed by atoms with Gasteiger partial charge in [0.2, 0.25) is 0 Å². The summed E-state index contributed by atoms with van der Waals surface area (Å²) in [6.45, 7) is 0.838. The molecule has 23 heavy (non-hydrogen) atoms. The molecule has 0 aromatic heterocycles. The second-order valence-corrected chi connectivity index (χ2v) is 5.09. The number of amides is 1. The van der Waals surface area contributed by atoms with Crippen LogP contribution in [0.15, 0.2) is 53.5 Å². The van der Waals surface area contributed by atoms with Crippen LogP contribution in [0.1, 0.15) is 11.1 Å². The predicted octanol–water partition coefficient (Wildman–Crippen LogP) is 1.69. The summed E-state index contributed by atoms with van der Waals surface area (Å²) in [5, 5.41) is 3.36. The molecule has 1 aliphatic heterocycles. The van der Waals surface area contributed by atoms with Gasteiger partial charge in [-0.1, -0.05) is 30.3 Å². The van der Waals surface area contributed by atoms with E-state index in [4.69, 9.17) is 4.74 Å². The normalized spacial score (nSPS) is 13.6. The van der Waals surface area contributed by atoms with Crippen LogP contribution in [-0.4, -0.2) is 25.4 Å². The van der Waals surface area contributed by atoms with E-state index in [0.29, 0.717) is 12.4 Å². The molecule has 2 aromatic carbocycles. The molecule has 6 nitrogen and oxygen atoms in total. The van der Waals surface area contributed by atoms with Crippen molar-refractivity contribution in [3.05, 3.63) is 59.7 Å². The summed E-state index contributed by atoms with van der Waals surface area (Å²) in [6, 6.07) is 15.9. The quantitative estimate of drug-likeness (QED) is 0.785. The van der Waals surface area contributed by atoms with Gasteiger partial charge in [-0.3, -0.25) is 20.6 Å². The van der Waals surface area contributed by atoms with Crippen LogP contribution < -0.4 is 20.9 Å². The van der Waals surface area contributed by atoms with E-state index in [9.17, 15) is 4.79 Å². The van der Waals surface area contributed by atoms with Crippen LogP contribution in [0.3, 0.4) is 0 Å². The van der Waals surface area contributed by atoms with Crippen LogP contribution in [0.2, 0.25) is 0 Å². The fourth-order valence-electron chi connectivity index (χ4n) is 2.30. The number of rotatable bonds is 5. The van der Waals surface area contributed by atoms with Gasteiger partial charge in [0.05, 0.1) is 12.8 Å². The molecule has 118 valence electrons. The van der Waals surface area contributed by atoms with Gasteiger partial charge in [-0.2, -0.15) is 0 Å². The molecule has 0 bridgehead atoms. The number of hydrogen-bond donors (Lipinski definition) is 3. The minimum atomic E-state index is -0.151. The number of benzene rings is 2. The number of methoxy groups -OCH3 is 1. The maximum Gasteiger partial charge on any atom is 0.260 e. The SMILES string of the molecule is COc1cc(C2=NCC(=O)NN2)ccc1NCc1ccccc1. The number of carbonyl (C=O) groups is 1. The molecule has 1 aliphatic rings. The lowest BCUT2D eigenvalue weighted by molar-refractivity contribution is -0.120. The van der Waals surface area contributed by atoms with E-state index in [1.807, 2.05) is 36.4 Å². The van der Waals surface area contributed by atoms with Crippen LogP contribution in [-0.2, 0) is 11.3 Å². The van der Waals surface area contributed by atoms with E-state index in [0.717, 1.165) is 17.0 Å². The summed E-state index contributed by atoms with van der Waals surface area (Å²) in [4.78, 5) is 15.3. The Kier molecular flexibility index (Phi) is 4.42. The van der Waals surface area contributed by atoms with Gasteiger partial charge >= 0.3 is 0 Å². The monoisotopic (exact) mass is 310 g/mol. The summed E-state index contributed by atoms with van der Waals surface area (Å²) in [7, 11) is 1.63. The van der Waals surface area contributed by atoms with Crippen molar-refractivity contribution < 1.29 is 9.53 Å². The standard InChI is InChI=1S/C17H18N4O2/c1-23-15-9-13(17-19-11-16(22)20-21-17)7-8-14(15)18-10-12-5-3-2-4-6-12/h2-9,18H,10-11H2,1H3,(H,19,21)(H,20,22). The Labute approximate surface area is 134 Å². The van der Waals surface area contributed by atoms with Crippen molar-refractivity contribution in [1.82, 2.24) is 10.9 Å². The van der Waals surface area contributed by atoms with Crippen LogP contribution >= 0.6 is 0 Å². The first kappa shape index (κ1) is 14.9. The van der Waals surface area contributed by atoms with Crippen molar-refractivity contribution in [2.45, 2.75) is 6.54 Å². The number of ether oxygens (including phenoxy) is 1. The third-order valence-corrected chi connectivity index (χ3v) is 3.50. The molecule has 0 fully saturated rings. The van der Waals surface area contributed by atoms with Gasteiger partial charge in [-0.15, -0.1) is 0 Å². The number of nitrogens with zero attached hydrogens (tertiary/aromatic N) is 1. The van der Waals surface area contributed by atoms with Crippen LogP contribution in [0.4, 0.5) is 5.69 Å². The fourth-order valence-corrected chi connectivity index (χ4v) is 2.30. The highest BCUT2D eigenvalue weighted by molar-refractivity contribution is 6.03. The van der Waals surface area contributed by atoms with Crippen LogP contribution in [0, 0.1) is 0 Å². The fraction of sp³-hybridized carbons (Fsp3) is 0.176. The van der Waals surface area contributed by atoms with Gasteiger partial charge in [0.1, 0.15) is 18.1 Å². The molecule has 3 N–H and O–H groups in total. The zero-order valence-corrected chi connectivity index (χ0v) is 12.8. The van der Waals surface area contributed by atoms with E-state index >= 15 is 0 Å². The van der Waals surface area contributed by atoms with E-state index in [1.54, 1.807) is 7.11 Å². The maximum atomic E-state index is 11.1. The highest BCUT2D eigenvalue weighted by Crippen LogP contribution is 2.26. The highest BCUT2D eigenvalue weighted by Gasteiger charge is 2.13. The Morgan fingerprint density at radius 2 is 2.00 bits per heavy atom. The molecule has 0 radical (unpaired) electrons. The summed E-state index contributed by atoms with van der Waals surface area (Å²) < 4.78 is 5.45. The number of anilines is 1. The van der Waals surface area contributed by atoms with Crippen molar-refractivity contribution >= 4 is 17.4 Å². The van der Waals surface area contributed by atoms with Crippen molar-refractivity contribution in [2.75, 3.05) is 19.0 Å². The largest absolute Gasteiger partial charge is 0.495 e. The molecular formula is C17H18N4O2. The molecule has 1 heterocycles. The van der Waals surface area contributed by atoms with E-state index in [2.05, 4.69) is 33.3 Å². The number of hydrazine groups is 1. The molecule has 2 aromatic rings. The molecule has 0 atom stereocenters. The van der Waals surface area contributed by atoms with Crippen molar-refractivity contribution in [3.63, 3.8) is 0 Å². The van der Waals surface area contributed by atoms with Crippen LogP contribution in [0.5, 0.6) is 5.75 Å². The molecule has 0 spiro atoms. The van der Waals surface area contributed by atoms with Gasteiger partial charge in [-0.05, 0) is 23.8 Å². The topological polar surface area (TPSA) is 74.8 Å². The van der Waals surface area contributed by atoms with Gasteiger partial charge in [0, 0.05) is 12.1 Å². The van der Waals surface area contributed by atoms with Crippen molar-refractivity contribution in [2.24, 2.45) is 4.99 Å². The summed E-state index contributed by atoms with van der Waals surface area (Å²) >= 11 is 0. The number of nitrogens with one attached hydrogen (secondary N) is 3. The molecule has 0 saturated carbocycles. The van der Waals surface area contributed by atoms with E-state index < -0.39 is 0 Å². The first-order chi connectivity index (χ1) is 11.3. The lowest BCUT2D eigenvalue weighted by Gasteiger charge is -2.17. The van der Waals surface area contributed by atoms with E-state index in [1.165, 1.54) is 5.56 Å². The molecule has 1 amide bonds. The molecular weight excluding hydrogens is 292 g/mol. The Bertz CT molecular complexity index is 729. The molecule has 0 unspecified atom stereocenters. The number of amidine groups is 1. The first-order valence-corrected chi connectivity index (χ1v) is 7.32. The summed E-state index contributed by atoms with van der Waals surface area (Å²) in [6.07, 6.45) is 0. The lowest BCUT2D eigenvalue weighted by atomic mass is 10.1. The molecule has 0 saturated heterocycles. The molecule has 0 aliphatic carbocycles. The Balaban J connectivity index is 1.76. The minimum absolute atomic E-state index is 0.124. The molecule has 3 rings (SSSR count). The van der Waals surface area contributed by atoms with Crippen molar-refractivity contribution in [3.8, 4) is 5.75 Å². The first-order valence-electron chi connectivity index (χ1n) is 7.32. The Morgan fingerprint density at radius 3 is 2.70 bits per heavy atom. The second kappa shape index (κ2) is 6.83. The number of carbonyl (C=O) groups excluding carboxylic acids is 1. The summed E-state index contributed by atoms with van der Waals surface area (Å²) in [5.41, 5.74) is 8.29. The number of hydrogen-bond acceptors (Lipinski definition) is 5. The smallest absolute Gasteiger partial charge is 0.260 e. The second-order valence-electron chi connectivity index (χ2n) is 5.09. The number of aliphatic imine (C=N–C) groups is 1. The Morgan fingerprint density at radius 1 is 1.17 bits per heavy atom. The third-order valence-electron chi connectivity index (χ3n) is 3.50. The van der Waals surface area contributed by atoms with E-state index in [-0.39, 0.29) is 12.5 Å². The van der Waals surface area contributed by atoms with Gasteiger partial charge in [-0.25, -0.2) is 0 Å². The predicted molar refractivity (Wildman–Crippen MR) is 89.4 cm³/mol. The molecule has 6 heteroatoms. The average molecular weight is 310 g/mol. The zero-order chi connectivity index (χ0) is 16.1. The van der Waals surface area contributed by atoms with Crippen molar-refractivity contribution in [1.29, 1.82) is 0 Å². The lowest BCUT2D eigenvalue weighted by Crippen LogP contribution is -2.47. The highest BCUT2D eigenvalue weighted by atomic mass is 16.5. The third kappa shape index (κ3) is 3.60. The summed E-state index contributed by atoms with van der Waals surface area (Å²) in [5.74, 6) is 1.19. The zero-order valence-electron chi connectivity index (χ0n) is 12.8. The minimum Gasteiger partial charge on any atom is -0.495 e. The average Bonchev–Trinajstić information content (AvgIpc) is 2.61. The van der Waals surface area contributed by atoms with Gasteiger partial charge in [0.25, 0.3) is 5.91 Å². The van der Waals surface area contributed by atoms with Gasteiger partial charge < -0.3 is 10.1 Å². The van der Waals surface area contributed by atoms with Crippen LogP contribution in [0.25, 0.3) is 0 Å². The Hall–Kier alpha value is -3.02. The maximum absolute atomic E-state index is 11.1.